The van der Waals surface area contributed by atoms with Crippen molar-refractivity contribution in [3.05, 3.63) is 97.9 Å². The van der Waals surface area contributed by atoms with Crippen molar-refractivity contribution in [1.29, 1.82) is 0 Å². The average Bonchev–Trinajstić information content (AvgIpc) is 2.62. The third kappa shape index (κ3) is 4.15. The van der Waals surface area contributed by atoms with Gasteiger partial charge in [0.15, 0.2) is 0 Å². The van der Waals surface area contributed by atoms with Gasteiger partial charge in [0.1, 0.15) is 5.56 Å². The van der Waals surface area contributed by atoms with Crippen LogP contribution in [0.3, 0.4) is 0 Å². The fourth-order valence-electron chi connectivity index (χ4n) is 2.54. The number of aromatic nitrogens is 1. The van der Waals surface area contributed by atoms with Gasteiger partial charge in [0, 0.05) is 21.9 Å². The van der Waals surface area contributed by atoms with E-state index in [2.05, 4.69) is 5.32 Å². The average molecular weight is 387 g/mol. The number of halogens is 2. The molecule has 2 aromatic carbocycles. The zero-order valence-corrected chi connectivity index (χ0v) is 15.5. The lowest BCUT2D eigenvalue weighted by Crippen LogP contribution is -2.29. The topological polar surface area (TPSA) is 51.1 Å². The number of nitrogens with zero attached hydrogens (tertiary/aromatic N) is 1. The number of rotatable bonds is 4. The van der Waals surface area contributed by atoms with E-state index in [-0.39, 0.29) is 11.1 Å². The molecule has 0 bridgehead atoms. The summed E-state index contributed by atoms with van der Waals surface area (Å²) < 4.78 is 1.49. The molecule has 0 aliphatic carbocycles. The summed E-state index contributed by atoms with van der Waals surface area (Å²) in [5, 5.41) is 3.90. The summed E-state index contributed by atoms with van der Waals surface area (Å²) in [5.41, 5.74) is 2.07. The molecule has 4 nitrogen and oxygen atoms in total. The third-order valence-corrected chi connectivity index (χ3v) is 4.47. The molecule has 3 aromatic rings. The molecular formula is C20H16Cl2N2O2. The molecule has 132 valence electrons. The first kappa shape index (κ1) is 18.2. The maximum absolute atomic E-state index is 12.7. The summed E-state index contributed by atoms with van der Waals surface area (Å²) in [6.07, 6.45) is 1.65. The first-order chi connectivity index (χ1) is 12.4. The van der Waals surface area contributed by atoms with E-state index in [1.807, 2.05) is 25.1 Å². The quantitative estimate of drug-likeness (QED) is 0.702. The number of aryl methyl sites for hydroxylation is 1. The SMILES string of the molecule is Cc1ccc(Cl)cc1NC(=O)c1cccn(Cc2ccc(Cl)cc2)c1=O. The van der Waals surface area contributed by atoms with Gasteiger partial charge in [-0.1, -0.05) is 41.4 Å². The van der Waals surface area contributed by atoms with Gasteiger partial charge in [-0.3, -0.25) is 9.59 Å². The van der Waals surface area contributed by atoms with E-state index in [0.717, 1.165) is 11.1 Å². The number of carbonyl (C=O) groups excluding carboxylic acids is 1. The van der Waals surface area contributed by atoms with Gasteiger partial charge in [-0.05, 0) is 54.4 Å². The highest BCUT2D eigenvalue weighted by atomic mass is 35.5. The number of nitrogens with one attached hydrogen (secondary N) is 1. The van der Waals surface area contributed by atoms with Crippen LogP contribution >= 0.6 is 23.2 Å². The molecule has 26 heavy (non-hydrogen) atoms. The Balaban J connectivity index is 1.86. The van der Waals surface area contributed by atoms with Crippen LogP contribution < -0.4 is 10.9 Å². The maximum atomic E-state index is 12.7. The van der Waals surface area contributed by atoms with E-state index in [1.165, 1.54) is 10.6 Å². The third-order valence-electron chi connectivity index (χ3n) is 3.98. The van der Waals surface area contributed by atoms with Gasteiger partial charge in [0.25, 0.3) is 11.5 Å². The lowest BCUT2D eigenvalue weighted by molar-refractivity contribution is 0.102. The minimum atomic E-state index is -0.467. The van der Waals surface area contributed by atoms with Crippen LogP contribution in [0.2, 0.25) is 10.0 Å². The standard InChI is InChI=1S/C20H16Cl2N2O2/c1-13-4-7-16(22)11-18(13)23-19(25)17-3-2-10-24(20(17)26)12-14-5-8-15(21)9-6-14/h2-11H,12H2,1H3,(H,23,25). The van der Waals surface area contributed by atoms with Gasteiger partial charge in [-0.2, -0.15) is 0 Å². The van der Waals surface area contributed by atoms with E-state index in [0.29, 0.717) is 22.3 Å². The molecular weight excluding hydrogens is 371 g/mol. The Morgan fingerprint density at radius 3 is 2.46 bits per heavy atom. The molecule has 0 saturated carbocycles. The smallest absolute Gasteiger partial charge is 0.263 e. The molecule has 0 aliphatic heterocycles. The second-order valence-corrected chi connectivity index (χ2v) is 6.77. The molecule has 0 radical (unpaired) electrons. The van der Waals surface area contributed by atoms with Crippen molar-refractivity contribution in [2.75, 3.05) is 5.32 Å². The van der Waals surface area contributed by atoms with Crippen molar-refractivity contribution >= 4 is 34.8 Å². The monoisotopic (exact) mass is 386 g/mol. The highest BCUT2D eigenvalue weighted by Gasteiger charge is 2.14. The molecule has 0 aliphatic rings. The summed E-state index contributed by atoms with van der Waals surface area (Å²) in [6.45, 7) is 2.21. The van der Waals surface area contributed by atoms with Crippen LogP contribution in [-0.2, 0) is 6.54 Å². The second kappa shape index (κ2) is 7.77. The van der Waals surface area contributed by atoms with Crippen molar-refractivity contribution < 1.29 is 4.79 Å². The first-order valence-corrected chi connectivity index (χ1v) is 8.71. The van der Waals surface area contributed by atoms with Crippen molar-refractivity contribution in [2.45, 2.75) is 13.5 Å². The molecule has 1 amide bonds. The Morgan fingerprint density at radius 1 is 1.04 bits per heavy atom. The normalized spacial score (nSPS) is 10.6. The fourth-order valence-corrected chi connectivity index (χ4v) is 2.84. The number of hydrogen-bond acceptors (Lipinski definition) is 2. The number of carbonyl (C=O) groups is 1. The molecule has 0 spiro atoms. The predicted octanol–water partition coefficient (Wildman–Crippen LogP) is 4.76. The molecule has 0 atom stereocenters. The van der Waals surface area contributed by atoms with Crippen LogP contribution in [-0.4, -0.2) is 10.5 Å². The zero-order chi connectivity index (χ0) is 18.7. The highest BCUT2D eigenvalue weighted by molar-refractivity contribution is 6.31. The van der Waals surface area contributed by atoms with E-state index < -0.39 is 5.91 Å². The minimum absolute atomic E-state index is 0.0702. The van der Waals surface area contributed by atoms with Crippen LogP contribution in [0.15, 0.2) is 65.6 Å². The number of anilines is 1. The first-order valence-electron chi connectivity index (χ1n) is 7.95. The van der Waals surface area contributed by atoms with Crippen LogP contribution in [0.1, 0.15) is 21.5 Å². The minimum Gasteiger partial charge on any atom is -0.322 e. The van der Waals surface area contributed by atoms with Crippen LogP contribution in [0.25, 0.3) is 0 Å². The lowest BCUT2D eigenvalue weighted by atomic mass is 10.1. The summed E-state index contributed by atoms with van der Waals surface area (Å²) in [4.78, 5) is 25.2. The second-order valence-electron chi connectivity index (χ2n) is 5.89. The molecule has 1 heterocycles. The predicted molar refractivity (Wildman–Crippen MR) is 105 cm³/mol. The van der Waals surface area contributed by atoms with Crippen molar-refractivity contribution in [2.24, 2.45) is 0 Å². The molecule has 0 fully saturated rings. The Bertz CT molecular complexity index is 1010. The zero-order valence-electron chi connectivity index (χ0n) is 14.0. The van der Waals surface area contributed by atoms with E-state index in [4.69, 9.17) is 23.2 Å². The Kier molecular flexibility index (Phi) is 5.45. The molecule has 3 rings (SSSR count). The molecule has 0 saturated heterocycles. The summed E-state index contributed by atoms with van der Waals surface area (Å²) in [5.74, 6) is -0.467. The summed E-state index contributed by atoms with van der Waals surface area (Å²) in [6, 6.07) is 15.6. The molecule has 0 unspecified atom stereocenters. The van der Waals surface area contributed by atoms with Gasteiger partial charge in [-0.25, -0.2) is 0 Å². The van der Waals surface area contributed by atoms with Crippen LogP contribution in [0, 0.1) is 6.92 Å². The van der Waals surface area contributed by atoms with Crippen LogP contribution in [0.5, 0.6) is 0 Å². The van der Waals surface area contributed by atoms with Gasteiger partial charge in [0.05, 0.1) is 6.54 Å². The Hall–Kier alpha value is -2.56. The summed E-state index contributed by atoms with van der Waals surface area (Å²) in [7, 11) is 0. The van der Waals surface area contributed by atoms with Crippen molar-refractivity contribution in [3.8, 4) is 0 Å². The van der Waals surface area contributed by atoms with Crippen molar-refractivity contribution in [3.63, 3.8) is 0 Å². The van der Waals surface area contributed by atoms with E-state index in [9.17, 15) is 9.59 Å². The van der Waals surface area contributed by atoms with E-state index in [1.54, 1.807) is 36.5 Å². The van der Waals surface area contributed by atoms with Gasteiger partial charge < -0.3 is 9.88 Å². The molecule has 1 N–H and O–H groups in total. The number of benzene rings is 2. The van der Waals surface area contributed by atoms with E-state index >= 15 is 0 Å². The largest absolute Gasteiger partial charge is 0.322 e. The molecule has 1 aromatic heterocycles. The highest BCUT2D eigenvalue weighted by Crippen LogP contribution is 2.20. The van der Waals surface area contributed by atoms with Crippen molar-refractivity contribution in [1.82, 2.24) is 4.57 Å². The lowest BCUT2D eigenvalue weighted by Gasteiger charge is -2.11. The van der Waals surface area contributed by atoms with Gasteiger partial charge in [0.2, 0.25) is 0 Å². The number of pyridine rings is 1. The number of amides is 1. The van der Waals surface area contributed by atoms with Gasteiger partial charge >= 0.3 is 0 Å². The maximum Gasteiger partial charge on any atom is 0.263 e. The molecule has 6 heteroatoms. The fraction of sp³-hybridized carbons (Fsp3) is 0.100. The number of hydrogen-bond donors (Lipinski definition) is 1. The van der Waals surface area contributed by atoms with Gasteiger partial charge in [-0.15, -0.1) is 0 Å². The Morgan fingerprint density at radius 2 is 1.73 bits per heavy atom. The van der Waals surface area contributed by atoms with Crippen LogP contribution in [0.4, 0.5) is 5.69 Å². The Labute approximate surface area is 161 Å². The summed E-state index contributed by atoms with van der Waals surface area (Å²) >= 11 is 11.9.